The van der Waals surface area contributed by atoms with Crippen LogP contribution >= 0.6 is 0 Å². The van der Waals surface area contributed by atoms with E-state index in [2.05, 4.69) is 0 Å². The lowest BCUT2D eigenvalue weighted by Gasteiger charge is -2.35. The molecular formula is C15H25NO4. The summed E-state index contributed by atoms with van der Waals surface area (Å²) in [5.74, 6) is -0.428. The van der Waals surface area contributed by atoms with Crippen LogP contribution in [0.3, 0.4) is 0 Å². The van der Waals surface area contributed by atoms with Crippen molar-refractivity contribution in [3.63, 3.8) is 0 Å². The number of carboxylic acids is 1. The van der Waals surface area contributed by atoms with Crippen molar-refractivity contribution in [2.75, 3.05) is 26.8 Å². The molecule has 2 atom stereocenters. The number of hydrogen-bond acceptors (Lipinski definition) is 3. The number of methoxy groups -OCH3 is 1. The van der Waals surface area contributed by atoms with E-state index in [0.717, 1.165) is 51.8 Å². The van der Waals surface area contributed by atoms with Crippen molar-refractivity contribution in [1.29, 1.82) is 0 Å². The second kappa shape index (κ2) is 7.07. The number of rotatable bonds is 4. The Morgan fingerprint density at radius 3 is 2.40 bits per heavy atom. The summed E-state index contributed by atoms with van der Waals surface area (Å²) in [7, 11) is 1.71. The highest BCUT2D eigenvalue weighted by molar-refractivity contribution is 5.80. The molecule has 1 aliphatic heterocycles. The first-order chi connectivity index (χ1) is 9.61. The topological polar surface area (TPSA) is 66.8 Å². The smallest absolute Gasteiger partial charge is 0.306 e. The molecule has 5 nitrogen and oxygen atoms in total. The van der Waals surface area contributed by atoms with Crippen LogP contribution in [0.1, 0.15) is 38.5 Å². The van der Waals surface area contributed by atoms with E-state index >= 15 is 0 Å². The summed E-state index contributed by atoms with van der Waals surface area (Å²) in [5.41, 5.74) is 0. The van der Waals surface area contributed by atoms with E-state index in [0.29, 0.717) is 12.3 Å². The molecule has 1 saturated heterocycles. The molecule has 2 aliphatic rings. The van der Waals surface area contributed by atoms with Gasteiger partial charge in [-0.25, -0.2) is 0 Å². The van der Waals surface area contributed by atoms with E-state index in [-0.39, 0.29) is 17.7 Å². The van der Waals surface area contributed by atoms with Gasteiger partial charge in [0.15, 0.2) is 0 Å². The Morgan fingerprint density at radius 1 is 1.15 bits per heavy atom. The highest BCUT2D eigenvalue weighted by Crippen LogP contribution is 2.31. The number of amides is 1. The fourth-order valence-corrected chi connectivity index (χ4v) is 3.45. The molecule has 1 amide bonds. The number of piperidine rings is 1. The lowest BCUT2D eigenvalue weighted by atomic mass is 9.80. The van der Waals surface area contributed by atoms with Crippen LogP contribution in [0.4, 0.5) is 0 Å². The molecule has 0 spiro atoms. The quantitative estimate of drug-likeness (QED) is 0.853. The molecular weight excluding hydrogens is 258 g/mol. The normalized spacial score (nSPS) is 28.4. The number of nitrogens with zero attached hydrogens (tertiary/aromatic N) is 1. The lowest BCUT2D eigenvalue weighted by molar-refractivity contribution is -0.146. The van der Waals surface area contributed by atoms with E-state index in [1.54, 1.807) is 7.11 Å². The van der Waals surface area contributed by atoms with Crippen LogP contribution in [0, 0.1) is 17.8 Å². The molecule has 1 N–H and O–H groups in total. The van der Waals surface area contributed by atoms with Crippen molar-refractivity contribution in [2.24, 2.45) is 17.8 Å². The average Bonchev–Trinajstić information content (AvgIpc) is 2.48. The van der Waals surface area contributed by atoms with Gasteiger partial charge in [0.1, 0.15) is 0 Å². The molecule has 0 bridgehead atoms. The number of hydrogen-bond donors (Lipinski definition) is 1. The Bertz CT molecular complexity index is 350. The predicted molar refractivity (Wildman–Crippen MR) is 74.3 cm³/mol. The Balaban J connectivity index is 1.84. The molecule has 1 saturated carbocycles. The summed E-state index contributed by atoms with van der Waals surface area (Å²) in [6.07, 6.45) is 4.93. The third kappa shape index (κ3) is 3.72. The number of aliphatic carboxylic acids is 1. The minimum absolute atomic E-state index is 0.0798. The zero-order chi connectivity index (χ0) is 14.5. The zero-order valence-corrected chi connectivity index (χ0v) is 12.2. The van der Waals surface area contributed by atoms with Crippen molar-refractivity contribution < 1.29 is 19.4 Å². The Kier molecular flexibility index (Phi) is 5.40. The number of carbonyl (C=O) groups excluding carboxylic acids is 1. The van der Waals surface area contributed by atoms with Gasteiger partial charge in [-0.3, -0.25) is 9.59 Å². The van der Waals surface area contributed by atoms with Gasteiger partial charge < -0.3 is 14.7 Å². The molecule has 0 aromatic carbocycles. The number of likely N-dealkylation sites (tertiary alicyclic amines) is 1. The third-order valence-electron chi connectivity index (χ3n) is 4.70. The molecule has 0 aromatic heterocycles. The molecule has 1 heterocycles. The molecule has 5 heteroatoms. The first-order valence-electron chi connectivity index (χ1n) is 7.62. The Hall–Kier alpha value is -1.10. The van der Waals surface area contributed by atoms with Gasteiger partial charge in [-0.2, -0.15) is 0 Å². The van der Waals surface area contributed by atoms with Crippen molar-refractivity contribution in [2.45, 2.75) is 38.5 Å². The number of ether oxygens (including phenoxy) is 1. The molecule has 20 heavy (non-hydrogen) atoms. The summed E-state index contributed by atoms with van der Waals surface area (Å²) in [4.78, 5) is 25.5. The van der Waals surface area contributed by atoms with Gasteiger partial charge in [0, 0.05) is 32.7 Å². The summed E-state index contributed by atoms with van der Waals surface area (Å²) in [5, 5.41) is 9.10. The van der Waals surface area contributed by atoms with Crippen LogP contribution in [0.15, 0.2) is 0 Å². The maximum Gasteiger partial charge on any atom is 0.306 e. The van der Waals surface area contributed by atoms with E-state index < -0.39 is 5.97 Å². The van der Waals surface area contributed by atoms with Crippen LogP contribution in [0.25, 0.3) is 0 Å². The van der Waals surface area contributed by atoms with Gasteiger partial charge in [-0.1, -0.05) is 6.42 Å². The van der Waals surface area contributed by atoms with Crippen LogP contribution in [-0.4, -0.2) is 48.7 Å². The van der Waals surface area contributed by atoms with Crippen LogP contribution in [0.5, 0.6) is 0 Å². The van der Waals surface area contributed by atoms with E-state index in [1.165, 1.54) is 0 Å². The summed E-state index contributed by atoms with van der Waals surface area (Å²) in [6, 6.07) is 0. The Morgan fingerprint density at radius 2 is 1.80 bits per heavy atom. The van der Waals surface area contributed by atoms with Gasteiger partial charge in [0.05, 0.1) is 5.92 Å². The van der Waals surface area contributed by atoms with Crippen molar-refractivity contribution in [1.82, 2.24) is 4.90 Å². The summed E-state index contributed by atoms with van der Waals surface area (Å²) in [6.45, 7) is 2.36. The molecule has 1 aliphatic carbocycles. The number of carboxylic acid groups (broad SMARTS) is 1. The van der Waals surface area contributed by atoms with Crippen LogP contribution < -0.4 is 0 Å². The Labute approximate surface area is 120 Å². The van der Waals surface area contributed by atoms with E-state index in [1.807, 2.05) is 4.90 Å². The second-order valence-electron chi connectivity index (χ2n) is 6.12. The van der Waals surface area contributed by atoms with Gasteiger partial charge in [-0.05, 0) is 38.0 Å². The van der Waals surface area contributed by atoms with Gasteiger partial charge in [0.2, 0.25) is 5.91 Å². The monoisotopic (exact) mass is 283 g/mol. The minimum atomic E-state index is -0.749. The van der Waals surface area contributed by atoms with Gasteiger partial charge in [-0.15, -0.1) is 0 Å². The standard InChI is InChI=1S/C15H25NO4/c1-20-10-11-5-7-16(8-6-11)14(17)12-3-2-4-13(9-12)15(18)19/h11-13H,2-10H2,1H3,(H,18,19)/t12-,13+/m0/s1. The van der Waals surface area contributed by atoms with Crippen LogP contribution in [0.2, 0.25) is 0 Å². The van der Waals surface area contributed by atoms with E-state index in [4.69, 9.17) is 9.84 Å². The average molecular weight is 283 g/mol. The molecule has 2 fully saturated rings. The predicted octanol–water partition coefficient (Wildman–Crippen LogP) is 1.76. The summed E-state index contributed by atoms with van der Waals surface area (Å²) >= 11 is 0. The molecule has 2 rings (SSSR count). The van der Waals surface area contributed by atoms with Crippen molar-refractivity contribution >= 4 is 11.9 Å². The molecule has 0 unspecified atom stereocenters. The van der Waals surface area contributed by atoms with Gasteiger partial charge in [0.25, 0.3) is 0 Å². The third-order valence-corrected chi connectivity index (χ3v) is 4.70. The summed E-state index contributed by atoms with van der Waals surface area (Å²) < 4.78 is 5.17. The SMILES string of the molecule is COCC1CCN(C(=O)[C@H]2CCC[C@@H](C(=O)O)C2)CC1. The number of carbonyl (C=O) groups is 2. The molecule has 0 aromatic rings. The maximum absolute atomic E-state index is 12.5. The van der Waals surface area contributed by atoms with E-state index in [9.17, 15) is 9.59 Å². The highest BCUT2D eigenvalue weighted by Gasteiger charge is 2.34. The molecule has 0 radical (unpaired) electrons. The lowest BCUT2D eigenvalue weighted by Crippen LogP contribution is -2.44. The molecule has 114 valence electrons. The minimum Gasteiger partial charge on any atom is -0.481 e. The van der Waals surface area contributed by atoms with Crippen molar-refractivity contribution in [3.05, 3.63) is 0 Å². The maximum atomic E-state index is 12.5. The first-order valence-corrected chi connectivity index (χ1v) is 7.62. The fourth-order valence-electron chi connectivity index (χ4n) is 3.45. The van der Waals surface area contributed by atoms with Crippen molar-refractivity contribution in [3.8, 4) is 0 Å². The second-order valence-corrected chi connectivity index (χ2v) is 6.12. The largest absolute Gasteiger partial charge is 0.481 e. The van der Waals surface area contributed by atoms with Gasteiger partial charge >= 0.3 is 5.97 Å². The first kappa shape index (κ1) is 15.3. The zero-order valence-electron chi connectivity index (χ0n) is 12.2. The fraction of sp³-hybridized carbons (Fsp3) is 0.867. The highest BCUT2D eigenvalue weighted by atomic mass is 16.5. The van der Waals surface area contributed by atoms with Crippen LogP contribution in [-0.2, 0) is 14.3 Å².